The van der Waals surface area contributed by atoms with Gasteiger partial charge in [0.2, 0.25) is 5.78 Å². The van der Waals surface area contributed by atoms with Crippen LogP contribution in [-0.4, -0.2) is 59.4 Å². The van der Waals surface area contributed by atoms with E-state index in [4.69, 9.17) is 4.74 Å². The molecule has 29 heavy (non-hydrogen) atoms. The number of Topliss-reactive ketones (excluding diaryl/α,β-unsaturated/α-hetero) is 1. The van der Waals surface area contributed by atoms with Gasteiger partial charge in [-0.1, -0.05) is 36.4 Å². The Morgan fingerprint density at radius 3 is 2.48 bits per heavy atom. The van der Waals surface area contributed by atoms with E-state index in [-0.39, 0.29) is 9.34 Å². The quantitative estimate of drug-likeness (QED) is 0.195. The number of halogens is 1. The topological polar surface area (TPSA) is 148 Å². The van der Waals surface area contributed by atoms with Gasteiger partial charge < -0.3 is 19.7 Å². The maximum Gasteiger partial charge on any atom is 0.330 e. The van der Waals surface area contributed by atoms with Crippen LogP contribution < -0.4 is 11.2 Å². The van der Waals surface area contributed by atoms with E-state index in [1.807, 2.05) is 18.8 Å². The first-order valence-electron chi connectivity index (χ1n) is 9.28. The van der Waals surface area contributed by atoms with E-state index in [2.05, 4.69) is 27.3 Å². The molecule has 2 aliphatic rings. The van der Waals surface area contributed by atoms with Crippen molar-refractivity contribution in [1.82, 2.24) is 9.55 Å². The molecule has 11 heteroatoms. The molecular formula is C18H23IN2O8. The van der Waals surface area contributed by atoms with E-state index in [1.165, 1.54) is 0 Å². The number of ether oxygens (including phenoxy) is 2. The molecule has 1 aliphatic carbocycles. The number of esters is 1. The van der Waals surface area contributed by atoms with Crippen molar-refractivity contribution in [3.05, 3.63) is 32.6 Å². The minimum atomic E-state index is -1.52. The molecule has 3 rings (SSSR count). The number of alkyl halides is 1. The van der Waals surface area contributed by atoms with Gasteiger partial charge in [-0.25, -0.2) is 4.79 Å². The molecule has 0 amide bonds. The molecule has 2 fully saturated rings. The van der Waals surface area contributed by atoms with E-state index >= 15 is 0 Å². The maximum absolute atomic E-state index is 12.3. The fourth-order valence-electron chi connectivity index (χ4n) is 4.07. The predicted molar refractivity (Wildman–Crippen MR) is 108 cm³/mol. The van der Waals surface area contributed by atoms with Gasteiger partial charge in [0.05, 0.1) is 6.10 Å². The van der Waals surface area contributed by atoms with Gasteiger partial charge in [-0.05, 0) is 12.8 Å². The van der Waals surface area contributed by atoms with Crippen LogP contribution in [-0.2, 0) is 14.3 Å². The molecule has 160 valence electrons. The summed E-state index contributed by atoms with van der Waals surface area (Å²) in [6.07, 6.45) is -0.868. The summed E-state index contributed by atoms with van der Waals surface area (Å²) in [7, 11) is 0. The Morgan fingerprint density at radius 1 is 1.38 bits per heavy atom. The SMILES string of the molecule is CCC(I)(CC)C1[C@H]2OC(n3cc(C(=O)COC(C)=O)c(=O)[nH]c3=O)[C@H](O)[C@@]12O. The van der Waals surface area contributed by atoms with Crippen LogP contribution in [0.4, 0.5) is 0 Å². The van der Waals surface area contributed by atoms with Crippen LogP contribution in [0.2, 0.25) is 0 Å². The summed E-state index contributed by atoms with van der Waals surface area (Å²) in [6.45, 7) is 4.43. The molecule has 5 atom stereocenters. The third kappa shape index (κ3) is 3.47. The third-order valence-electron chi connectivity index (χ3n) is 5.86. The molecule has 2 heterocycles. The highest BCUT2D eigenvalue weighted by Crippen LogP contribution is 2.65. The average Bonchev–Trinajstić information content (AvgIpc) is 3.20. The Hall–Kier alpha value is -1.57. The zero-order chi connectivity index (χ0) is 21.7. The summed E-state index contributed by atoms with van der Waals surface area (Å²) in [6, 6.07) is 0. The monoisotopic (exact) mass is 522 g/mol. The van der Waals surface area contributed by atoms with Crippen molar-refractivity contribution in [3.63, 3.8) is 0 Å². The van der Waals surface area contributed by atoms with Crippen molar-refractivity contribution in [3.8, 4) is 0 Å². The number of fused-ring (bicyclic) bond motifs is 1. The van der Waals surface area contributed by atoms with Gasteiger partial charge in [-0.2, -0.15) is 0 Å². The van der Waals surface area contributed by atoms with Crippen molar-refractivity contribution < 1.29 is 29.3 Å². The van der Waals surface area contributed by atoms with Gasteiger partial charge >= 0.3 is 11.7 Å². The fraction of sp³-hybridized carbons (Fsp3) is 0.667. The van der Waals surface area contributed by atoms with Crippen molar-refractivity contribution in [2.45, 2.75) is 61.1 Å². The van der Waals surface area contributed by atoms with E-state index in [9.17, 15) is 29.4 Å². The number of hydrogen-bond donors (Lipinski definition) is 3. The number of nitrogens with zero attached hydrogens (tertiary/aromatic N) is 1. The van der Waals surface area contributed by atoms with E-state index < -0.39 is 59.2 Å². The number of carbonyl (C=O) groups is 2. The largest absolute Gasteiger partial charge is 0.457 e. The Balaban J connectivity index is 1.89. The summed E-state index contributed by atoms with van der Waals surface area (Å²) >= 11 is 2.27. The van der Waals surface area contributed by atoms with Gasteiger partial charge in [0, 0.05) is 22.5 Å². The van der Waals surface area contributed by atoms with Crippen molar-refractivity contribution in [2.75, 3.05) is 6.61 Å². The van der Waals surface area contributed by atoms with Crippen LogP contribution in [0.1, 0.15) is 50.2 Å². The number of aromatic nitrogens is 2. The summed E-state index contributed by atoms with van der Waals surface area (Å²) in [5.41, 5.74) is -3.77. The van der Waals surface area contributed by atoms with Crippen molar-refractivity contribution in [2.24, 2.45) is 5.92 Å². The van der Waals surface area contributed by atoms with Gasteiger partial charge in [0.1, 0.15) is 17.3 Å². The zero-order valence-electron chi connectivity index (χ0n) is 16.2. The third-order valence-corrected chi connectivity index (χ3v) is 8.06. The molecule has 1 aromatic rings. The second kappa shape index (κ2) is 7.60. The number of rotatable bonds is 7. The van der Waals surface area contributed by atoms with Crippen molar-refractivity contribution in [1.29, 1.82) is 0 Å². The number of ketones is 1. The highest BCUT2D eigenvalue weighted by atomic mass is 127. The maximum atomic E-state index is 12.3. The fourth-order valence-corrected chi connectivity index (χ4v) is 4.89. The predicted octanol–water partition coefficient (Wildman–Crippen LogP) is -0.105. The number of nitrogens with one attached hydrogen (secondary N) is 1. The van der Waals surface area contributed by atoms with Crippen molar-refractivity contribution >= 4 is 34.3 Å². The normalized spacial score (nSPS) is 30.7. The molecule has 1 aliphatic heterocycles. The van der Waals surface area contributed by atoms with Gasteiger partial charge in [-0.15, -0.1) is 0 Å². The number of aliphatic hydroxyl groups is 2. The Kier molecular flexibility index (Phi) is 5.80. The van der Waals surface area contributed by atoms with E-state index in [0.717, 1.165) is 30.5 Å². The lowest BCUT2D eigenvalue weighted by atomic mass is 9.92. The number of aliphatic hydroxyl groups excluding tert-OH is 1. The second-order valence-electron chi connectivity index (χ2n) is 7.41. The first kappa shape index (κ1) is 22.1. The average molecular weight is 522 g/mol. The summed E-state index contributed by atoms with van der Waals surface area (Å²) in [5, 5.41) is 21.8. The lowest BCUT2D eigenvalue weighted by molar-refractivity contribution is -0.139. The number of aromatic amines is 1. The lowest BCUT2D eigenvalue weighted by Gasteiger charge is -2.31. The minimum Gasteiger partial charge on any atom is -0.457 e. The van der Waals surface area contributed by atoms with Crippen LogP contribution in [0, 0.1) is 5.92 Å². The molecule has 0 aromatic carbocycles. The van der Waals surface area contributed by atoms with Crippen LogP contribution in [0.3, 0.4) is 0 Å². The van der Waals surface area contributed by atoms with Gasteiger partial charge in [-0.3, -0.25) is 23.9 Å². The molecule has 1 saturated carbocycles. The van der Waals surface area contributed by atoms with Crippen LogP contribution >= 0.6 is 22.6 Å². The van der Waals surface area contributed by atoms with Crippen LogP contribution in [0.5, 0.6) is 0 Å². The number of H-pyrrole nitrogens is 1. The van der Waals surface area contributed by atoms with Crippen LogP contribution in [0.15, 0.2) is 15.8 Å². The molecule has 1 saturated heterocycles. The second-order valence-corrected chi connectivity index (χ2v) is 9.56. The highest BCUT2D eigenvalue weighted by Gasteiger charge is 2.80. The molecule has 1 aromatic heterocycles. The Morgan fingerprint density at radius 2 is 2.00 bits per heavy atom. The smallest absolute Gasteiger partial charge is 0.330 e. The van der Waals surface area contributed by atoms with Gasteiger partial charge in [0.25, 0.3) is 5.56 Å². The Bertz CT molecular complexity index is 952. The van der Waals surface area contributed by atoms with E-state index in [1.54, 1.807) is 0 Å². The first-order chi connectivity index (χ1) is 13.5. The molecule has 3 N–H and O–H groups in total. The molecule has 0 spiro atoms. The standard InChI is InChI=1S/C18H23IN2O8/c1-4-17(19,5-2)11-13-18(11,27)12(24)15(29-13)21-6-9(14(25)20-16(21)26)10(23)7-28-8(3)22/h6,11-13,15,24,27H,4-5,7H2,1-3H3,(H,20,25,26)/t11?,12-,13+,15?,18-/m0/s1. The Labute approximate surface area is 179 Å². The van der Waals surface area contributed by atoms with Crippen LogP contribution in [0.25, 0.3) is 0 Å². The molecule has 0 bridgehead atoms. The summed E-state index contributed by atoms with van der Waals surface area (Å²) < 4.78 is 11.0. The number of carbonyl (C=O) groups excluding carboxylic acids is 2. The van der Waals surface area contributed by atoms with Gasteiger partial charge in [0.15, 0.2) is 12.8 Å². The minimum absolute atomic E-state index is 0.274. The molecule has 10 nitrogen and oxygen atoms in total. The molecule has 2 unspecified atom stereocenters. The molecular weight excluding hydrogens is 499 g/mol. The summed E-state index contributed by atoms with van der Waals surface area (Å²) in [5.74, 6) is -1.81. The molecule has 0 radical (unpaired) electrons. The highest BCUT2D eigenvalue weighted by molar-refractivity contribution is 14.1. The lowest BCUT2D eigenvalue weighted by Crippen LogP contribution is -2.44. The first-order valence-corrected chi connectivity index (χ1v) is 10.4. The number of hydrogen-bond acceptors (Lipinski definition) is 8. The zero-order valence-corrected chi connectivity index (χ0v) is 18.3. The van der Waals surface area contributed by atoms with E-state index in [0.29, 0.717) is 0 Å². The summed E-state index contributed by atoms with van der Waals surface area (Å²) in [4.78, 5) is 49.3.